The van der Waals surface area contributed by atoms with E-state index in [1.807, 2.05) is 6.92 Å². The molecule has 0 bridgehead atoms. The van der Waals surface area contributed by atoms with Crippen molar-refractivity contribution in [2.75, 3.05) is 31.6 Å². The van der Waals surface area contributed by atoms with Gasteiger partial charge in [-0.15, -0.1) is 0 Å². The number of nitrogens with one attached hydrogen (secondary N) is 1. The Bertz CT molecular complexity index is 1210. The maximum atomic E-state index is 13.4. The van der Waals surface area contributed by atoms with Crippen molar-refractivity contribution < 1.29 is 22.7 Å². The first kappa shape index (κ1) is 21.1. The number of nitrogens with zero attached hydrogens (tertiary/aromatic N) is 2. The SMILES string of the molecule is CCCN(CC(=O)Nc1ccc2c(c1)OCCO2)S(=O)(=O)c1cccc2cnccc12. The van der Waals surface area contributed by atoms with Gasteiger partial charge in [0.15, 0.2) is 11.5 Å². The summed E-state index contributed by atoms with van der Waals surface area (Å²) < 4.78 is 39.0. The minimum Gasteiger partial charge on any atom is -0.486 e. The first-order chi connectivity index (χ1) is 15.0. The molecule has 9 heteroatoms. The summed E-state index contributed by atoms with van der Waals surface area (Å²) in [5.74, 6) is 0.729. The third-order valence-corrected chi connectivity index (χ3v) is 6.78. The number of anilines is 1. The molecule has 1 aliphatic rings. The fourth-order valence-corrected chi connectivity index (χ4v) is 5.17. The monoisotopic (exact) mass is 441 g/mol. The van der Waals surface area contributed by atoms with Crippen LogP contribution < -0.4 is 14.8 Å². The number of pyridine rings is 1. The van der Waals surface area contributed by atoms with E-state index in [4.69, 9.17) is 9.47 Å². The number of carbonyl (C=O) groups excluding carboxylic acids is 1. The van der Waals surface area contributed by atoms with E-state index in [1.54, 1.807) is 54.9 Å². The maximum Gasteiger partial charge on any atom is 0.244 e. The van der Waals surface area contributed by atoms with Crippen molar-refractivity contribution in [3.8, 4) is 11.5 Å². The van der Waals surface area contributed by atoms with Crippen LogP contribution in [0.4, 0.5) is 5.69 Å². The zero-order valence-electron chi connectivity index (χ0n) is 17.1. The molecule has 1 N–H and O–H groups in total. The van der Waals surface area contributed by atoms with Gasteiger partial charge in [-0.25, -0.2) is 8.42 Å². The molecule has 4 rings (SSSR count). The molecular formula is C22H23N3O5S. The highest BCUT2D eigenvalue weighted by Crippen LogP contribution is 2.32. The summed E-state index contributed by atoms with van der Waals surface area (Å²) in [7, 11) is -3.89. The highest BCUT2D eigenvalue weighted by molar-refractivity contribution is 7.89. The molecule has 2 aromatic carbocycles. The molecule has 1 aromatic heterocycles. The van der Waals surface area contributed by atoms with Gasteiger partial charge in [0.1, 0.15) is 13.2 Å². The van der Waals surface area contributed by atoms with Gasteiger partial charge in [-0.05, 0) is 30.7 Å². The third-order valence-electron chi connectivity index (χ3n) is 4.88. The number of benzene rings is 2. The van der Waals surface area contributed by atoms with E-state index in [0.717, 1.165) is 5.39 Å². The molecule has 8 nitrogen and oxygen atoms in total. The van der Waals surface area contributed by atoms with E-state index in [1.165, 1.54) is 4.31 Å². The molecule has 0 unspecified atom stereocenters. The minimum atomic E-state index is -3.89. The van der Waals surface area contributed by atoms with Crippen molar-refractivity contribution in [1.29, 1.82) is 0 Å². The van der Waals surface area contributed by atoms with Crippen molar-refractivity contribution in [3.63, 3.8) is 0 Å². The predicted octanol–water partition coefficient (Wildman–Crippen LogP) is 3.05. The van der Waals surface area contributed by atoms with E-state index < -0.39 is 15.9 Å². The van der Waals surface area contributed by atoms with Crippen LogP contribution in [0.1, 0.15) is 13.3 Å². The summed E-state index contributed by atoms with van der Waals surface area (Å²) in [6, 6.07) is 11.8. The molecule has 31 heavy (non-hydrogen) atoms. The van der Waals surface area contributed by atoms with Crippen LogP contribution in [0.2, 0.25) is 0 Å². The molecule has 2 heterocycles. The van der Waals surface area contributed by atoms with Gasteiger partial charge in [0.05, 0.1) is 11.4 Å². The number of aromatic nitrogens is 1. The maximum absolute atomic E-state index is 13.4. The number of ether oxygens (including phenoxy) is 2. The fraction of sp³-hybridized carbons (Fsp3) is 0.273. The standard InChI is InChI=1S/C22H23N3O5S/c1-2-10-25(31(27,28)21-5-3-4-16-14-23-9-8-18(16)21)15-22(26)24-17-6-7-19-20(13-17)30-12-11-29-19/h3-9,13-14H,2,10-12,15H2,1H3,(H,24,26). The second-order valence-corrected chi connectivity index (χ2v) is 9.00. The number of carbonyl (C=O) groups is 1. The number of sulfonamides is 1. The minimum absolute atomic E-state index is 0.160. The first-order valence-electron chi connectivity index (χ1n) is 10.0. The summed E-state index contributed by atoms with van der Waals surface area (Å²) in [6.07, 6.45) is 3.75. The predicted molar refractivity (Wildman–Crippen MR) is 117 cm³/mol. The summed E-state index contributed by atoms with van der Waals surface area (Å²) in [6.45, 7) is 2.71. The van der Waals surface area contributed by atoms with Gasteiger partial charge < -0.3 is 14.8 Å². The fourth-order valence-electron chi connectivity index (χ4n) is 3.47. The second-order valence-electron chi connectivity index (χ2n) is 7.10. The van der Waals surface area contributed by atoms with Gasteiger partial charge in [0.25, 0.3) is 0 Å². The average Bonchev–Trinajstić information content (AvgIpc) is 2.78. The van der Waals surface area contributed by atoms with E-state index in [0.29, 0.717) is 42.2 Å². The van der Waals surface area contributed by atoms with Crippen LogP contribution in [-0.4, -0.2) is 49.9 Å². The number of hydrogen-bond donors (Lipinski definition) is 1. The summed E-state index contributed by atoms with van der Waals surface area (Å²) in [5, 5.41) is 4.05. The zero-order chi connectivity index (χ0) is 21.8. The van der Waals surface area contributed by atoms with E-state index in [9.17, 15) is 13.2 Å². The largest absolute Gasteiger partial charge is 0.486 e. The molecule has 1 amide bonds. The highest BCUT2D eigenvalue weighted by Gasteiger charge is 2.27. The lowest BCUT2D eigenvalue weighted by Gasteiger charge is -2.22. The van der Waals surface area contributed by atoms with Crippen molar-refractivity contribution in [3.05, 3.63) is 54.9 Å². The summed E-state index contributed by atoms with van der Waals surface area (Å²) >= 11 is 0. The number of fused-ring (bicyclic) bond motifs is 2. The van der Waals surface area contributed by atoms with Gasteiger partial charge in [-0.3, -0.25) is 9.78 Å². The molecule has 0 radical (unpaired) electrons. The van der Waals surface area contributed by atoms with Crippen LogP contribution in [0.5, 0.6) is 11.5 Å². The Labute approximate surface area is 180 Å². The van der Waals surface area contributed by atoms with Crippen molar-refractivity contribution in [1.82, 2.24) is 9.29 Å². The molecule has 0 aliphatic carbocycles. The van der Waals surface area contributed by atoms with Gasteiger partial charge >= 0.3 is 0 Å². The summed E-state index contributed by atoms with van der Waals surface area (Å²) in [5.41, 5.74) is 0.513. The molecule has 0 fully saturated rings. The van der Waals surface area contributed by atoms with Crippen LogP contribution in [0.25, 0.3) is 10.8 Å². The van der Waals surface area contributed by atoms with Gasteiger partial charge in [0, 0.05) is 41.5 Å². The highest BCUT2D eigenvalue weighted by atomic mass is 32.2. The van der Waals surface area contributed by atoms with Crippen LogP contribution in [0, 0.1) is 0 Å². The molecule has 0 saturated carbocycles. The van der Waals surface area contributed by atoms with Crippen molar-refractivity contribution in [2.45, 2.75) is 18.2 Å². The van der Waals surface area contributed by atoms with Gasteiger partial charge in [-0.1, -0.05) is 19.1 Å². The van der Waals surface area contributed by atoms with Crippen LogP contribution in [0.3, 0.4) is 0 Å². The summed E-state index contributed by atoms with van der Waals surface area (Å²) in [4.78, 5) is 16.9. The number of hydrogen-bond acceptors (Lipinski definition) is 6. The first-order valence-corrected chi connectivity index (χ1v) is 11.5. The Kier molecular flexibility index (Phi) is 6.06. The number of amides is 1. The number of rotatable bonds is 7. The normalized spacial score (nSPS) is 13.4. The topological polar surface area (TPSA) is 97.8 Å². The molecular weight excluding hydrogens is 418 g/mol. The smallest absolute Gasteiger partial charge is 0.244 e. The Balaban J connectivity index is 1.56. The average molecular weight is 442 g/mol. The lowest BCUT2D eigenvalue weighted by molar-refractivity contribution is -0.116. The lowest BCUT2D eigenvalue weighted by atomic mass is 10.2. The molecule has 1 aliphatic heterocycles. The Morgan fingerprint density at radius 1 is 1.13 bits per heavy atom. The molecule has 162 valence electrons. The molecule has 0 atom stereocenters. The molecule has 0 spiro atoms. The quantitative estimate of drug-likeness (QED) is 0.605. The van der Waals surface area contributed by atoms with Gasteiger partial charge in [0.2, 0.25) is 15.9 Å². The van der Waals surface area contributed by atoms with Crippen LogP contribution in [0.15, 0.2) is 59.8 Å². The van der Waals surface area contributed by atoms with E-state index in [2.05, 4.69) is 10.3 Å². The molecule has 3 aromatic rings. The molecule has 0 saturated heterocycles. The van der Waals surface area contributed by atoms with E-state index >= 15 is 0 Å². The van der Waals surface area contributed by atoms with Gasteiger partial charge in [-0.2, -0.15) is 4.31 Å². The Morgan fingerprint density at radius 2 is 1.94 bits per heavy atom. The zero-order valence-corrected chi connectivity index (χ0v) is 17.9. The lowest BCUT2D eigenvalue weighted by Crippen LogP contribution is -2.38. The van der Waals surface area contributed by atoms with Crippen LogP contribution in [-0.2, 0) is 14.8 Å². The Morgan fingerprint density at radius 3 is 2.74 bits per heavy atom. The second kappa shape index (κ2) is 8.91. The van der Waals surface area contributed by atoms with E-state index in [-0.39, 0.29) is 18.0 Å². The third kappa shape index (κ3) is 4.47. The van der Waals surface area contributed by atoms with Crippen molar-refractivity contribution >= 4 is 32.4 Å². The van der Waals surface area contributed by atoms with Crippen LogP contribution >= 0.6 is 0 Å². The van der Waals surface area contributed by atoms with Crippen molar-refractivity contribution in [2.24, 2.45) is 0 Å². The Hall–Kier alpha value is -3.17.